The van der Waals surface area contributed by atoms with Crippen LogP contribution in [0.2, 0.25) is 0 Å². The summed E-state index contributed by atoms with van der Waals surface area (Å²) in [5, 5.41) is 11.6. The second-order valence-electron chi connectivity index (χ2n) is 8.75. The zero-order valence-electron chi connectivity index (χ0n) is 18.2. The van der Waals surface area contributed by atoms with Crippen LogP contribution in [0.3, 0.4) is 0 Å². The molecule has 1 saturated heterocycles. The van der Waals surface area contributed by atoms with Crippen LogP contribution in [0.25, 0.3) is 16.3 Å². The number of rotatable bonds is 6. The van der Waals surface area contributed by atoms with Crippen LogP contribution in [-0.4, -0.2) is 35.6 Å². The number of carboxylic acids is 1. The Morgan fingerprint density at radius 3 is 2.59 bits per heavy atom. The van der Waals surface area contributed by atoms with Crippen molar-refractivity contribution in [2.75, 3.05) is 19.6 Å². The first-order chi connectivity index (χ1) is 15.1. The Kier molecular flexibility index (Phi) is 6.54. The lowest BCUT2D eigenvalue weighted by Gasteiger charge is -2.38. The Hall–Kier alpha value is -2.82. The average molecular weight is 450 g/mol. The monoisotopic (exact) mass is 449 g/mol. The first-order valence-electron chi connectivity index (χ1n) is 10.9. The zero-order chi connectivity index (χ0) is 21.4. The van der Waals surface area contributed by atoms with Crippen molar-refractivity contribution in [3.63, 3.8) is 0 Å². The molecule has 5 heteroatoms. The van der Waals surface area contributed by atoms with Gasteiger partial charge in [0, 0.05) is 19.6 Å². The summed E-state index contributed by atoms with van der Waals surface area (Å²) in [6.45, 7) is 4.97. The van der Waals surface area contributed by atoms with Gasteiger partial charge in [-0.25, -0.2) is 0 Å². The molecule has 1 heterocycles. The third kappa shape index (κ3) is 4.52. The molecule has 32 heavy (non-hydrogen) atoms. The zero-order valence-corrected chi connectivity index (χ0v) is 19.0. The highest BCUT2D eigenvalue weighted by Gasteiger charge is 2.33. The Morgan fingerprint density at radius 2 is 1.81 bits per heavy atom. The number of hydrogen-bond acceptors (Lipinski definition) is 3. The molecule has 1 aliphatic carbocycles. The fourth-order valence-corrected chi connectivity index (χ4v) is 4.71. The van der Waals surface area contributed by atoms with Gasteiger partial charge in [-0.2, -0.15) is 0 Å². The van der Waals surface area contributed by atoms with E-state index in [4.69, 9.17) is 9.84 Å². The minimum absolute atomic E-state index is 0. The molecule has 3 aromatic carbocycles. The van der Waals surface area contributed by atoms with Crippen molar-refractivity contribution in [3.8, 4) is 5.75 Å². The molecule has 166 valence electrons. The Bertz CT molecular complexity index is 1180. The van der Waals surface area contributed by atoms with E-state index in [2.05, 4.69) is 72.5 Å². The second-order valence-corrected chi connectivity index (χ2v) is 8.75. The molecule has 0 spiro atoms. The van der Waals surface area contributed by atoms with E-state index in [9.17, 15) is 4.79 Å². The van der Waals surface area contributed by atoms with E-state index in [-0.39, 0.29) is 18.3 Å². The molecule has 0 amide bonds. The second kappa shape index (κ2) is 9.35. The maximum atomic E-state index is 11.0. The number of fused-ring (bicyclic) bond motifs is 2. The quantitative estimate of drug-likeness (QED) is 0.534. The fraction of sp³-hybridized carbons (Fsp3) is 0.296. The minimum atomic E-state index is -0.674. The highest BCUT2D eigenvalue weighted by atomic mass is 35.5. The van der Waals surface area contributed by atoms with Crippen molar-refractivity contribution in [2.24, 2.45) is 5.92 Å². The standard InChI is InChI=1S/C27H27NO3.ClH/c1-18-23(14-28-15-24(16-28)27(29)30)9-8-22-13-25(10-11-26(18)22)31-17-19-6-7-20-4-2-3-5-21(20)12-19;/h2-7,10-13,24H,8-9,14-17H2,1H3,(H,29,30);1H. The van der Waals surface area contributed by atoms with E-state index in [0.29, 0.717) is 19.7 Å². The van der Waals surface area contributed by atoms with Crippen LogP contribution >= 0.6 is 12.4 Å². The molecular weight excluding hydrogens is 422 g/mol. The van der Waals surface area contributed by atoms with Crippen molar-refractivity contribution in [1.29, 1.82) is 0 Å². The van der Waals surface area contributed by atoms with Crippen molar-refractivity contribution in [1.82, 2.24) is 4.90 Å². The number of carbonyl (C=O) groups is 1. The number of allylic oxidation sites excluding steroid dienone is 1. The van der Waals surface area contributed by atoms with Crippen LogP contribution in [0.1, 0.15) is 30.0 Å². The van der Waals surface area contributed by atoms with Gasteiger partial charge in [-0.15, -0.1) is 12.4 Å². The number of likely N-dealkylation sites (tertiary alicyclic amines) is 1. The summed E-state index contributed by atoms with van der Waals surface area (Å²) in [7, 11) is 0. The van der Waals surface area contributed by atoms with Crippen molar-refractivity contribution in [2.45, 2.75) is 26.4 Å². The lowest BCUT2D eigenvalue weighted by Crippen LogP contribution is -2.50. The molecular formula is C27H28ClNO3. The SMILES string of the molecule is CC1=C(CN2CC(C(=O)O)C2)CCc2cc(OCc3ccc4ccccc4c3)ccc21.Cl. The van der Waals surface area contributed by atoms with Gasteiger partial charge < -0.3 is 9.84 Å². The van der Waals surface area contributed by atoms with Gasteiger partial charge in [0.25, 0.3) is 0 Å². The molecule has 1 N–H and O–H groups in total. The van der Waals surface area contributed by atoms with Crippen molar-refractivity contribution < 1.29 is 14.6 Å². The molecule has 5 rings (SSSR count). The molecule has 1 fully saturated rings. The number of carboxylic acid groups (broad SMARTS) is 1. The summed E-state index contributed by atoms with van der Waals surface area (Å²) in [6.07, 6.45) is 2.03. The predicted octanol–water partition coefficient (Wildman–Crippen LogP) is 5.58. The van der Waals surface area contributed by atoms with E-state index in [1.807, 2.05) is 0 Å². The van der Waals surface area contributed by atoms with Gasteiger partial charge >= 0.3 is 5.97 Å². The minimum Gasteiger partial charge on any atom is -0.489 e. The average Bonchev–Trinajstić information content (AvgIpc) is 2.75. The smallest absolute Gasteiger partial charge is 0.309 e. The lowest BCUT2D eigenvalue weighted by atomic mass is 9.85. The largest absolute Gasteiger partial charge is 0.489 e. The van der Waals surface area contributed by atoms with Gasteiger partial charge in [0.05, 0.1) is 5.92 Å². The van der Waals surface area contributed by atoms with Gasteiger partial charge in [-0.1, -0.05) is 48.0 Å². The first kappa shape index (κ1) is 22.4. The first-order valence-corrected chi connectivity index (χ1v) is 10.9. The maximum Gasteiger partial charge on any atom is 0.309 e. The van der Waals surface area contributed by atoms with Crippen molar-refractivity contribution in [3.05, 3.63) is 82.9 Å². The molecule has 2 aliphatic rings. The van der Waals surface area contributed by atoms with E-state index in [0.717, 1.165) is 25.1 Å². The Balaban J connectivity index is 0.00000245. The van der Waals surface area contributed by atoms with Crippen LogP contribution in [-0.2, 0) is 17.8 Å². The summed E-state index contributed by atoms with van der Waals surface area (Å²) >= 11 is 0. The third-order valence-corrected chi connectivity index (χ3v) is 6.65. The predicted molar refractivity (Wildman–Crippen MR) is 130 cm³/mol. The van der Waals surface area contributed by atoms with E-state index in [1.54, 1.807) is 0 Å². The number of aryl methyl sites for hydroxylation is 1. The normalized spacial score (nSPS) is 16.3. The molecule has 0 atom stereocenters. The van der Waals surface area contributed by atoms with Gasteiger partial charge in [0.15, 0.2) is 0 Å². The fourth-order valence-electron chi connectivity index (χ4n) is 4.71. The summed E-state index contributed by atoms with van der Waals surface area (Å²) in [6, 6.07) is 21.3. The molecule has 1 aliphatic heterocycles. The number of aliphatic carboxylic acids is 1. The van der Waals surface area contributed by atoms with Crippen LogP contribution in [0.4, 0.5) is 0 Å². The van der Waals surface area contributed by atoms with Crippen molar-refractivity contribution >= 4 is 34.7 Å². The highest BCUT2D eigenvalue weighted by Crippen LogP contribution is 2.34. The van der Waals surface area contributed by atoms with Gasteiger partial charge in [0.2, 0.25) is 0 Å². The summed E-state index contributed by atoms with van der Waals surface area (Å²) in [4.78, 5) is 13.3. The molecule has 0 unspecified atom stereocenters. The number of halogens is 1. The number of ether oxygens (including phenoxy) is 1. The van der Waals surface area contributed by atoms with Gasteiger partial charge in [0.1, 0.15) is 12.4 Å². The molecule has 3 aromatic rings. The number of nitrogens with zero attached hydrogens (tertiary/aromatic N) is 1. The molecule has 4 nitrogen and oxygen atoms in total. The molecule has 0 radical (unpaired) electrons. The van der Waals surface area contributed by atoms with Gasteiger partial charge in [-0.05, 0) is 71.0 Å². The lowest BCUT2D eigenvalue weighted by molar-refractivity contribution is -0.147. The number of hydrogen-bond donors (Lipinski definition) is 1. The molecule has 0 saturated carbocycles. The topological polar surface area (TPSA) is 49.8 Å². The van der Waals surface area contributed by atoms with E-state index in [1.165, 1.54) is 38.6 Å². The summed E-state index contributed by atoms with van der Waals surface area (Å²) in [5.74, 6) is 0.0430. The van der Waals surface area contributed by atoms with Crippen LogP contribution in [0.15, 0.2) is 66.2 Å². The highest BCUT2D eigenvalue weighted by molar-refractivity contribution is 5.85. The van der Waals surface area contributed by atoms with Gasteiger partial charge in [-0.3, -0.25) is 9.69 Å². The van der Waals surface area contributed by atoms with E-state index < -0.39 is 5.97 Å². The van der Waals surface area contributed by atoms with Crippen LogP contribution in [0, 0.1) is 5.92 Å². The molecule has 0 bridgehead atoms. The molecule has 0 aromatic heterocycles. The third-order valence-electron chi connectivity index (χ3n) is 6.65. The Morgan fingerprint density at radius 1 is 1.03 bits per heavy atom. The van der Waals surface area contributed by atoms with Crippen LogP contribution in [0.5, 0.6) is 5.75 Å². The number of benzene rings is 3. The summed E-state index contributed by atoms with van der Waals surface area (Å²) < 4.78 is 6.11. The van der Waals surface area contributed by atoms with E-state index >= 15 is 0 Å². The van der Waals surface area contributed by atoms with Crippen LogP contribution < -0.4 is 4.74 Å². The maximum absolute atomic E-state index is 11.0. The Labute approximate surface area is 194 Å². The summed E-state index contributed by atoms with van der Waals surface area (Å²) in [5.41, 5.74) is 6.57.